The summed E-state index contributed by atoms with van der Waals surface area (Å²) in [5.74, 6) is 2.60. The molecule has 3 aliphatic rings. The maximum Gasteiger partial charge on any atom is 0.354 e. The molecule has 0 spiro atoms. The topological polar surface area (TPSA) is 62.2 Å². The van der Waals surface area contributed by atoms with Gasteiger partial charge in [-0.3, -0.25) is 0 Å². The van der Waals surface area contributed by atoms with Crippen LogP contribution >= 0.6 is 0 Å². The number of carboxylic acids is 1. The largest absolute Gasteiger partial charge is 0.477 e. The molecule has 3 fully saturated rings. The molecule has 0 amide bonds. The summed E-state index contributed by atoms with van der Waals surface area (Å²) < 4.78 is 0. The Morgan fingerprint density at radius 2 is 2.06 bits per heavy atom. The fourth-order valence-electron chi connectivity index (χ4n) is 4.35. The van der Waals surface area contributed by atoms with E-state index in [0.717, 1.165) is 29.4 Å². The Balaban J connectivity index is 1.50. The molecule has 1 heterocycles. The summed E-state index contributed by atoms with van der Waals surface area (Å²) in [4.78, 5) is 14.7. The van der Waals surface area contributed by atoms with E-state index in [2.05, 4.69) is 10.3 Å². The van der Waals surface area contributed by atoms with Crippen molar-refractivity contribution in [2.75, 3.05) is 5.32 Å². The average Bonchev–Trinajstić information content (AvgIpc) is 2.77. The van der Waals surface area contributed by atoms with Crippen LogP contribution in [-0.2, 0) is 0 Å². The van der Waals surface area contributed by atoms with Gasteiger partial charge in [0.05, 0.1) is 0 Å². The Morgan fingerprint density at radius 3 is 2.72 bits per heavy atom. The minimum Gasteiger partial charge on any atom is -0.477 e. The number of nitrogens with zero attached hydrogens (tertiary/aromatic N) is 1. The first-order chi connectivity index (χ1) is 8.74. The van der Waals surface area contributed by atoms with E-state index in [1.807, 2.05) is 6.07 Å². The molecule has 0 radical (unpaired) electrons. The van der Waals surface area contributed by atoms with Crippen LogP contribution in [0.2, 0.25) is 0 Å². The molecule has 1 aromatic heterocycles. The molecule has 4 rings (SSSR count). The Kier molecular flexibility index (Phi) is 1.99. The van der Waals surface area contributed by atoms with Crippen molar-refractivity contribution in [1.29, 1.82) is 0 Å². The van der Waals surface area contributed by atoms with Gasteiger partial charge in [-0.1, -0.05) is 0 Å². The molecule has 4 unspecified atom stereocenters. The number of carbonyl (C=O) groups is 1. The lowest BCUT2D eigenvalue weighted by Crippen LogP contribution is -2.13. The predicted octanol–water partition coefficient (Wildman–Crippen LogP) is 2.24. The highest BCUT2D eigenvalue weighted by atomic mass is 16.4. The Labute approximate surface area is 105 Å². The van der Waals surface area contributed by atoms with Crippen molar-refractivity contribution >= 4 is 11.7 Å². The van der Waals surface area contributed by atoms with Gasteiger partial charge in [0.2, 0.25) is 0 Å². The maximum atomic E-state index is 10.9. The minimum absolute atomic E-state index is 0.119. The average molecular weight is 244 g/mol. The van der Waals surface area contributed by atoms with Gasteiger partial charge in [-0.05, 0) is 55.1 Å². The maximum absolute atomic E-state index is 10.9. The van der Waals surface area contributed by atoms with Crippen molar-refractivity contribution in [1.82, 2.24) is 4.98 Å². The molecule has 4 atom stereocenters. The number of aromatic nitrogens is 1. The van der Waals surface area contributed by atoms with Gasteiger partial charge < -0.3 is 10.4 Å². The standard InChI is InChI=1S/C14H16N2O2/c17-14(18)10-6-9(3-4-15-10)16-13-11-7-1-2-8(5-7)12(11)13/h3-4,6-8,11-13H,1-2,5H2,(H,15,16)(H,17,18). The fourth-order valence-corrected chi connectivity index (χ4v) is 4.35. The van der Waals surface area contributed by atoms with Crippen LogP contribution in [0.1, 0.15) is 29.8 Å². The summed E-state index contributed by atoms with van der Waals surface area (Å²) in [5.41, 5.74) is 1.02. The third-order valence-electron chi connectivity index (χ3n) is 5.05. The molecular formula is C14H16N2O2. The number of hydrogen-bond donors (Lipinski definition) is 2. The molecular weight excluding hydrogens is 228 g/mol. The van der Waals surface area contributed by atoms with E-state index in [-0.39, 0.29) is 5.69 Å². The second kappa shape index (κ2) is 3.46. The molecule has 3 aliphatic carbocycles. The van der Waals surface area contributed by atoms with Crippen molar-refractivity contribution in [3.63, 3.8) is 0 Å². The van der Waals surface area contributed by atoms with Gasteiger partial charge in [-0.2, -0.15) is 0 Å². The summed E-state index contributed by atoms with van der Waals surface area (Å²) >= 11 is 0. The van der Waals surface area contributed by atoms with Crippen LogP contribution in [0, 0.1) is 23.7 Å². The van der Waals surface area contributed by atoms with E-state index in [0.29, 0.717) is 6.04 Å². The molecule has 2 N–H and O–H groups in total. The SMILES string of the molecule is O=C(O)c1cc(NC2C3C4CCC(C4)C23)ccn1. The second-order valence-corrected chi connectivity index (χ2v) is 5.89. The molecule has 0 saturated heterocycles. The van der Waals surface area contributed by atoms with Gasteiger partial charge in [0, 0.05) is 17.9 Å². The van der Waals surface area contributed by atoms with Crippen molar-refractivity contribution in [3.05, 3.63) is 24.0 Å². The van der Waals surface area contributed by atoms with Crippen LogP contribution in [0.3, 0.4) is 0 Å². The number of fused-ring (bicyclic) bond motifs is 5. The molecule has 4 nitrogen and oxygen atoms in total. The summed E-state index contributed by atoms with van der Waals surface area (Å²) in [5, 5.41) is 12.4. The van der Waals surface area contributed by atoms with E-state index >= 15 is 0 Å². The summed E-state index contributed by atoms with van der Waals surface area (Å²) in [7, 11) is 0. The normalized spacial score (nSPS) is 39.4. The molecule has 18 heavy (non-hydrogen) atoms. The zero-order valence-electron chi connectivity index (χ0n) is 10.0. The van der Waals surface area contributed by atoms with E-state index in [4.69, 9.17) is 5.11 Å². The highest BCUT2D eigenvalue weighted by Gasteiger charge is 2.64. The molecule has 0 aromatic carbocycles. The van der Waals surface area contributed by atoms with Gasteiger partial charge in [0.15, 0.2) is 0 Å². The number of hydrogen-bond acceptors (Lipinski definition) is 3. The lowest BCUT2D eigenvalue weighted by atomic mass is 10.0. The fraction of sp³-hybridized carbons (Fsp3) is 0.571. The van der Waals surface area contributed by atoms with Crippen molar-refractivity contribution in [2.24, 2.45) is 23.7 Å². The zero-order valence-corrected chi connectivity index (χ0v) is 10.0. The van der Waals surface area contributed by atoms with E-state index in [9.17, 15) is 4.79 Å². The number of anilines is 1. The molecule has 1 aromatic rings. The number of pyridine rings is 1. The molecule has 0 aliphatic heterocycles. The van der Waals surface area contributed by atoms with Crippen molar-refractivity contribution < 1.29 is 9.90 Å². The first-order valence-electron chi connectivity index (χ1n) is 6.70. The number of carboxylic acid groups (broad SMARTS) is 1. The Morgan fingerprint density at radius 1 is 1.33 bits per heavy atom. The van der Waals surface area contributed by atoms with Gasteiger partial charge >= 0.3 is 5.97 Å². The molecule has 3 saturated carbocycles. The third kappa shape index (κ3) is 1.38. The summed E-state index contributed by atoms with van der Waals surface area (Å²) in [6, 6.07) is 4.08. The lowest BCUT2D eigenvalue weighted by Gasteiger charge is -2.11. The lowest BCUT2D eigenvalue weighted by molar-refractivity contribution is 0.0690. The third-order valence-corrected chi connectivity index (χ3v) is 5.05. The van der Waals surface area contributed by atoms with Gasteiger partial charge in [-0.15, -0.1) is 0 Å². The zero-order chi connectivity index (χ0) is 12.3. The second-order valence-electron chi connectivity index (χ2n) is 5.89. The van der Waals surface area contributed by atoms with Crippen LogP contribution in [0.15, 0.2) is 18.3 Å². The number of nitrogens with one attached hydrogen (secondary N) is 1. The smallest absolute Gasteiger partial charge is 0.354 e. The van der Waals surface area contributed by atoms with Gasteiger partial charge in [0.25, 0.3) is 0 Å². The monoisotopic (exact) mass is 244 g/mol. The highest BCUT2D eigenvalue weighted by Crippen LogP contribution is 2.66. The molecule has 94 valence electrons. The number of rotatable bonds is 3. The Hall–Kier alpha value is -1.58. The van der Waals surface area contributed by atoms with E-state index < -0.39 is 5.97 Å². The first kappa shape index (κ1) is 10.4. The van der Waals surface area contributed by atoms with Crippen molar-refractivity contribution in [2.45, 2.75) is 25.3 Å². The Bertz CT molecular complexity index is 500. The van der Waals surface area contributed by atoms with Crippen molar-refractivity contribution in [3.8, 4) is 0 Å². The minimum atomic E-state index is -0.963. The molecule has 4 heteroatoms. The predicted molar refractivity (Wildman–Crippen MR) is 66.4 cm³/mol. The quantitative estimate of drug-likeness (QED) is 0.856. The first-order valence-corrected chi connectivity index (χ1v) is 6.70. The van der Waals surface area contributed by atoms with Crippen LogP contribution in [0.5, 0.6) is 0 Å². The molecule has 2 bridgehead atoms. The van der Waals surface area contributed by atoms with Crippen LogP contribution in [0.4, 0.5) is 5.69 Å². The van der Waals surface area contributed by atoms with E-state index in [1.165, 1.54) is 19.3 Å². The van der Waals surface area contributed by atoms with Gasteiger partial charge in [0.1, 0.15) is 5.69 Å². The van der Waals surface area contributed by atoms with Crippen LogP contribution in [0.25, 0.3) is 0 Å². The van der Waals surface area contributed by atoms with Crippen LogP contribution in [-0.4, -0.2) is 22.1 Å². The summed E-state index contributed by atoms with van der Waals surface area (Å²) in [6.45, 7) is 0. The van der Waals surface area contributed by atoms with Crippen LogP contribution < -0.4 is 5.32 Å². The van der Waals surface area contributed by atoms with Gasteiger partial charge in [-0.25, -0.2) is 9.78 Å². The summed E-state index contributed by atoms with van der Waals surface area (Å²) in [6.07, 6.45) is 5.81. The number of aromatic carboxylic acids is 1. The van der Waals surface area contributed by atoms with E-state index in [1.54, 1.807) is 12.3 Å². The highest BCUT2D eigenvalue weighted by molar-refractivity contribution is 5.86.